The Bertz CT molecular complexity index is 1060. The van der Waals surface area contributed by atoms with Crippen molar-refractivity contribution in [3.05, 3.63) is 76.7 Å². The summed E-state index contributed by atoms with van der Waals surface area (Å²) in [6, 6.07) is 14.2. The van der Waals surface area contributed by atoms with E-state index in [9.17, 15) is 4.79 Å². The molecule has 0 fully saturated rings. The number of allylic oxidation sites excluding steroid dienone is 1. The van der Waals surface area contributed by atoms with Gasteiger partial charge in [-0.05, 0) is 36.8 Å². The number of carbonyl (C=O) groups is 1. The predicted molar refractivity (Wildman–Crippen MR) is 108 cm³/mol. The van der Waals surface area contributed by atoms with Gasteiger partial charge in [0, 0.05) is 10.7 Å². The molecule has 28 heavy (non-hydrogen) atoms. The average molecular weight is 396 g/mol. The maximum absolute atomic E-state index is 13.3. The molecule has 2 heterocycles. The number of hydrogen-bond donors (Lipinski definition) is 2. The number of ether oxygens (including phenoxy) is 1. The molecule has 1 aliphatic rings. The van der Waals surface area contributed by atoms with Crippen molar-refractivity contribution in [2.24, 2.45) is 0 Å². The third-order valence-electron chi connectivity index (χ3n) is 4.58. The van der Waals surface area contributed by atoms with Gasteiger partial charge >= 0.3 is 0 Å². The first-order chi connectivity index (χ1) is 13.6. The molecule has 2 N–H and O–H groups in total. The van der Waals surface area contributed by atoms with Crippen LogP contribution in [0, 0.1) is 0 Å². The molecule has 1 atom stereocenters. The van der Waals surface area contributed by atoms with Crippen LogP contribution in [0.5, 0.6) is 5.75 Å². The Kier molecular flexibility index (Phi) is 4.75. The standard InChI is InChI=1S/C20H18ClN5O2/c1-12-17(19(27)25-15-5-3-4-6-16(15)28-2)18(13-7-9-14(21)10-8-13)26-20(24-12)22-11-23-26/h3-11,18H,1-2H3,(H,25,27)(H,22,23,24)/t18-/m0/s1. The zero-order valence-corrected chi connectivity index (χ0v) is 16.1. The second-order valence-electron chi connectivity index (χ2n) is 6.30. The lowest BCUT2D eigenvalue weighted by Gasteiger charge is -2.29. The SMILES string of the molecule is COc1ccccc1NC(=O)C1=C(C)Nc2ncnn2[C@H]1c1ccc(Cl)cc1. The van der Waals surface area contributed by atoms with Gasteiger partial charge in [-0.25, -0.2) is 4.68 Å². The Hall–Kier alpha value is -3.32. The molecule has 1 aliphatic heterocycles. The van der Waals surface area contributed by atoms with Gasteiger partial charge < -0.3 is 15.4 Å². The fraction of sp³-hybridized carbons (Fsp3) is 0.150. The highest BCUT2D eigenvalue weighted by molar-refractivity contribution is 6.30. The van der Waals surface area contributed by atoms with Gasteiger partial charge in [0.1, 0.15) is 18.1 Å². The third kappa shape index (κ3) is 3.20. The number of rotatable bonds is 4. The van der Waals surface area contributed by atoms with Crippen LogP contribution in [-0.4, -0.2) is 27.8 Å². The van der Waals surface area contributed by atoms with Crippen molar-refractivity contribution in [2.45, 2.75) is 13.0 Å². The molecule has 2 aromatic carbocycles. The Morgan fingerprint density at radius 1 is 1.21 bits per heavy atom. The number of benzene rings is 2. The smallest absolute Gasteiger partial charge is 0.255 e. The summed E-state index contributed by atoms with van der Waals surface area (Å²) in [6.45, 7) is 1.85. The molecule has 4 rings (SSSR count). The summed E-state index contributed by atoms with van der Waals surface area (Å²) in [7, 11) is 1.57. The second-order valence-corrected chi connectivity index (χ2v) is 6.74. The Balaban J connectivity index is 1.76. The minimum Gasteiger partial charge on any atom is -0.495 e. The van der Waals surface area contributed by atoms with Gasteiger partial charge in [-0.3, -0.25) is 4.79 Å². The molecule has 3 aromatic rings. The van der Waals surface area contributed by atoms with Crippen LogP contribution in [-0.2, 0) is 4.79 Å². The van der Waals surface area contributed by atoms with Gasteiger partial charge in [-0.2, -0.15) is 10.1 Å². The molecule has 0 radical (unpaired) electrons. The summed E-state index contributed by atoms with van der Waals surface area (Å²) >= 11 is 6.05. The lowest BCUT2D eigenvalue weighted by molar-refractivity contribution is -0.113. The van der Waals surface area contributed by atoms with E-state index in [1.54, 1.807) is 36.1 Å². The highest BCUT2D eigenvalue weighted by Crippen LogP contribution is 2.36. The molecule has 0 spiro atoms. The fourth-order valence-corrected chi connectivity index (χ4v) is 3.40. The monoisotopic (exact) mass is 395 g/mol. The van der Waals surface area contributed by atoms with Gasteiger partial charge in [0.25, 0.3) is 5.91 Å². The first-order valence-electron chi connectivity index (χ1n) is 8.65. The zero-order chi connectivity index (χ0) is 19.7. The van der Waals surface area contributed by atoms with Gasteiger partial charge in [0.15, 0.2) is 0 Å². The maximum Gasteiger partial charge on any atom is 0.255 e. The van der Waals surface area contributed by atoms with Crippen LogP contribution in [0.3, 0.4) is 0 Å². The van der Waals surface area contributed by atoms with Crippen LogP contribution in [0.25, 0.3) is 0 Å². The molecule has 0 aliphatic carbocycles. The largest absolute Gasteiger partial charge is 0.495 e. The molecule has 142 valence electrons. The second kappa shape index (κ2) is 7.36. The highest BCUT2D eigenvalue weighted by Gasteiger charge is 2.33. The van der Waals surface area contributed by atoms with Gasteiger partial charge in [-0.1, -0.05) is 35.9 Å². The van der Waals surface area contributed by atoms with Crippen molar-refractivity contribution in [1.29, 1.82) is 0 Å². The number of nitrogens with one attached hydrogen (secondary N) is 2. The van der Waals surface area contributed by atoms with Crippen molar-refractivity contribution >= 4 is 29.1 Å². The van der Waals surface area contributed by atoms with Crippen molar-refractivity contribution < 1.29 is 9.53 Å². The summed E-state index contributed by atoms with van der Waals surface area (Å²) in [5, 5.41) is 11.0. The van der Waals surface area contributed by atoms with E-state index in [1.807, 2.05) is 31.2 Å². The summed E-state index contributed by atoms with van der Waals surface area (Å²) < 4.78 is 7.03. The van der Waals surface area contributed by atoms with Crippen LogP contribution in [0.1, 0.15) is 18.5 Å². The van der Waals surface area contributed by atoms with Gasteiger partial charge in [0.2, 0.25) is 5.95 Å². The van der Waals surface area contributed by atoms with Crippen molar-refractivity contribution in [2.75, 3.05) is 17.7 Å². The Morgan fingerprint density at radius 3 is 2.71 bits per heavy atom. The number of methoxy groups -OCH3 is 1. The number of hydrogen-bond acceptors (Lipinski definition) is 5. The summed E-state index contributed by atoms with van der Waals surface area (Å²) in [5.41, 5.74) is 2.70. The topological polar surface area (TPSA) is 81.1 Å². The Labute approximate surface area is 167 Å². The number of nitrogens with zero attached hydrogens (tertiary/aromatic N) is 3. The summed E-state index contributed by atoms with van der Waals surface area (Å²) in [5.74, 6) is 0.907. The van der Waals surface area contributed by atoms with E-state index in [-0.39, 0.29) is 5.91 Å². The normalized spacial score (nSPS) is 15.6. The molecule has 7 nitrogen and oxygen atoms in total. The van der Waals surface area contributed by atoms with Crippen molar-refractivity contribution in [1.82, 2.24) is 14.8 Å². The molecule has 1 amide bonds. The highest BCUT2D eigenvalue weighted by atomic mass is 35.5. The number of carbonyl (C=O) groups excluding carboxylic acids is 1. The molecule has 0 saturated carbocycles. The van der Waals surface area contributed by atoms with Crippen LogP contribution < -0.4 is 15.4 Å². The van der Waals surface area contributed by atoms with Crippen molar-refractivity contribution in [3.8, 4) is 5.75 Å². The number of amides is 1. The van der Waals surface area contributed by atoms with Gasteiger partial charge in [-0.15, -0.1) is 0 Å². The van der Waals surface area contributed by atoms with Gasteiger partial charge in [0.05, 0.1) is 18.4 Å². The molecule has 0 unspecified atom stereocenters. The van der Waals surface area contributed by atoms with Crippen LogP contribution >= 0.6 is 11.6 Å². The lowest BCUT2D eigenvalue weighted by Crippen LogP contribution is -2.31. The molecule has 0 bridgehead atoms. The fourth-order valence-electron chi connectivity index (χ4n) is 3.28. The first-order valence-corrected chi connectivity index (χ1v) is 9.03. The number of anilines is 2. The molecular weight excluding hydrogens is 378 g/mol. The lowest BCUT2D eigenvalue weighted by atomic mass is 9.95. The average Bonchev–Trinajstić information content (AvgIpc) is 3.16. The molecule has 0 saturated heterocycles. The Morgan fingerprint density at radius 2 is 1.96 bits per heavy atom. The van der Waals surface area contributed by atoms with E-state index in [2.05, 4.69) is 20.7 Å². The predicted octanol–water partition coefficient (Wildman–Crippen LogP) is 3.87. The number of halogens is 1. The van der Waals surface area contributed by atoms with Crippen LogP contribution in [0.4, 0.5) is 11.6 Å². The third-order valence-corrected chi connectivity index (χ3v) is 4.83. The number of fused-ring (bicyclic) bond motifs is 1. The minimum atomic E-state index is -0.439. The van der Waals surface area contributed by atoms with E-state index in [1.165, 1.54) is 6.33 Å². The molecule has 8 heteroatoms. The molecule has 1 aromatic heterocycles. The van der Waals surface area contributed by atoms with Crippen LogP contribution in [0.2, 0.25) is 5.02 Å². The molecular formula is C20H18ClN5O2. The van der Waals surface area contributed by atoms with E-state index in [0.717, 1.165) is 5.56 Å². The van der Waals surface area contributed by atoms with E-state index >= 15 is 0 Å². The van der Waals surface area contributed by atoms with Crippen LogP contribution in [0.15, 0.2) is 66.1 Å². The van der Waals surface area contributed by atoms with E-state index < -0.39 is 6.04 Å². The quantitative estimate of drug-likeness (QED) is 0.700. The van der Waals surface area contributed by atoms with E-state index in [4.69, 9.17) is 16.3 Å². The number of aromatic nitrogens is 3. The number of para-hydroxylation sites is 2. The zero-order valence-electron chi connectivity index (χ0n) is 15.3. The first kappa shape index (κ1) is 18.1. The van der Waals surface area contributed by atoms with Crippen molar-refractivity contribution in [3.63, 3.8) is 0 Å². The maximum atomic E-state index is 13.3. The minimum absolute atomic E-state index is 0.254. The summed E-state index contributed by atoms with van der Waals surface area (Å²) in [6.07, 6.45) is 1.46. The van der Waals surface area contributed by atoms with E-state index in [0.29, 0.717) is 33.7 Å². The summed E-state index contributed by atoms with van der Waals surface area (Å²) in [4.78, 5) is 17.5.